The normalized spacial score (nSPS) is 13.2. The van der Waals surface area contributed by atoms with E-state index in [4.69, 9.17) is 14.6 Å². The monoisotopic (exact) mass is 321 g/mol. The van der Waals surface area contributed by atoms with Crippen LogP contribution in [0.15, 0.2) is 0 Å². The molecule has 0 bridgehead atoms. The number of thioether (sulfide) groups is 1. The van der Waals surface area contributed by atoms with Crippen LogP contribution in [0.1, 0.15) is 27.7 Å². The van der Waals surface area contributed by atoms with Gasteiger partial charge < -0.3 is 19.9 Å². The molecule has 120 valence electrons. The van der Waals surface area contributed by atoms with Crippen molar-refractivity contribution in [2.75, 3.05) is 6.54 Å². The molecule has 9 heteroatoms. The summed E-state index contributed by atoms with van der Waals surface area (Å²) in [6.45, 7) is 5.56. The van der Waals surface area contributed by atoms with Crippen LogP contribution in [0.5, 0.6) is 0 Å². The smallest absolute Gasteiger partial charge is 0.371 e. The number of hydrogen-bond acceptors (Lipinski definition) is 7. The van der Waals surface area contributed by atoms with E-state index in [1.807, 2.05) is 0 Å². The van der Waals surface area contributed by atoms with Gasteiger partial charge in [0.1, 0.15) is 6.54 Å². The van der Waals surface area contributed by atoms with Crippen molar-refractivity contribution in [2.24, 2.45) is 5.92 Å². The lowest BCUT2D eigenvalue weighted by atomic mass is 10.2. The summed E-state index contributed by atoms with van der Waals surface area (Å²) in [4.78, 5) is 44.5. The summed E-state index contributed by atoms with van der Waals surface area (Å²) in [5.41, 5.74) is 0. The molecule has 0 saturated heterocycles. The molecule has 0 aliphatic rings. The molecule has 0 aliphatic carbocycles. The van der Waals surface area contributed by atoms with Crippen molar-refractivity contribution in [3.05, 3.63) is 0 Å². The maximum Gasteiger partial charge on any atom is 0.371 e. The van der Waals surface area contributed by atoms with Crippen LogP contribution >= 0.6 is 11.8 Å². The molecule has 0 aromatic carbocycles. The first-order chi connectivity index (χ1) is 9.63. The number of aliphatic carboxylic acids is 1. The van der Waals surface area contributed by atoms with Crippen LogP contribution in [0.25, 0.3) is 0 Å². The molecule has 0 rings (SSSR count). The number of ether oxygens (including phenoxy) is 2. The highest BCUT2D eigenvalue weighted by Gasteiger charge is 2.22. The minimum Gasteiger partial charge on any atom is -0.480 e. The second kappa shape index (κ2) is 9.22. The molecule has 2 N–H and O–H groups in total. The van der Waals surface area contributed by atoms with Gasteiger partial charge in [0, 0.05) is 6.92 Å². The van der Waals surface area contributed by atoms with Gasteiger partial charge in [-0.05, 0) is 18.7 Å². The molecule has 21 heavy (non-hydrogen) atoms. The SMILES string of the molecule is CC(C)C(=O)O[C@H](C)OC(=O)SC(C)C(=O)NCC(=O)O. The van der Waals surface area contributed by atoms with Gasteiger partial charge in [-0.15, -0.1) is 0 Å². The van der Waals surface area contributed by atoms with Crippen molar-refractivity contribution in [3.63, 3.8) is 0 Å². The fourth-order valence-electron chi connectivity index (χ4n) is 0.991. The molecule has 0 aliphatic heterocycles. The highest BCUT2D eigenvalue weighted by molar-refractivity contribution is 8.14. The number of nitrogens with one attached hydrogen (secondary N) is 1. The van der Waals surface area contributed by atoms with E-state index < -0.39 is 41.2 Å². The van der Waals surface area contributed by atoms with E-state index in [1.165, 1.54) is 13.8 Å². The summed E-state index contributed by atoms with van der Waals surface area (Å²) in [5, 5.41) is 8.92. The summed E-state index contributed by atoms with van der Waals surface area (Å²) in [6, 6.07) is 0. The summed E-state index contributed by atoms with van der Waals surface area (Å²) in [7, 11) is 0. The van der Waals surface area contributed by atoms with E-state index in [1.54, 1.807) is 13.8 Å². The standard InChI is InChI=1S/C12H19NO7S/c1-6(2)11(17)19-8(4)20-12(18)21-7(3)10(16)13-5-9(14)15/h6-8H,5H2,1-4H3,(H,13,16)(H,14,15)/t7?,8-/m0/s1. The number of amides is 1. The third-order valence-electron chi connectivity index (χ3n) is 2.07. The Bertz CT molecular complexity index is 410. The third kappa shape index (κ3) is 8.90. The molecule has 1 unspecified atom stereocenters. The highest BCUT2D eigenvalue weighted by atomic mass is 32.2. The average molecular weight is 321 g/mol. The largest absolute Gasteiger partial charge is 0.480 e. The molecule has 2 atom stereocenters. The number of carbonyl (C=O) groups excluding carboxylic acids is 3. The van der Waals surface area contributed by atoms with Gasteiger partial charge in [0.2, 0.25) is 12.2 Å². The van der Waals surface area contributed by atoms with E-state index in [0.29, 0.717) is 11.8 Å². The lowest BCUT2D eigenvalue weighted by molar-refractivity contribution is -0.167. The van der Waals surface area contributed by atoms with Gasteiger partial charge in [0.25, 0.3) is 0 Å². The zero-order valence-corrected chi connectivity index (χ0v) is 13.1. The topological polar surface area (TPSA) is 119 Å². The van der Waals surface area contributed by atoms with Crippen molar-refractivity contribution >= 4 is 34.9 Å². The Hall–Kier alpha value is -1.77. The minimum atomic E-state index is -1.18. The molecule has 0 spiro atoms. The van der Waals surface area contributed by atoms with Crippen LogP contribution in [0.4, 0.5) is 4.79 Å². The Morgan fingerprint density at radius 2 is 1.67 bits per heavy atom. The Labute approximate surface area is 126 Å². The molecule has 0 heterocycles. The van der Waals surface area contributed by atoms with Gasteiger partial charge in [-0.2, -0.15) is 0 Å². The number of hydrogen-bond donors (Lipinski definition) is 2. The molecule has 0 radical (unpaired) electrons. The predicted octanol–water partition coefficient (Wildman–Crippen LogP) is 0.991. The number of carboxylic acid groups (broad SMARTS) is 1. The van der Waals surface area contributed by atoms with Crippen LogP contribution in [0.2, 0.25) is 0 Å². The summed E-state index contributed by atoms with van der Waals surface area (Å²) >= 11 is 0.566. The third-order valence-corrected chi connectivity index (χ3v) is 2.93. The first-order valence-electron chi connectivity index (χ1n) is 6.20. The molecule has 0 saturated carbocycles. The molecular formula is C12H19NO7S. The molecular weight excluding hydrogens is 302 g/mol. The van der Waals surface area contributed by atoms with Crippen molar-refractivity contribution in [1.29, 1.82) is 0 Å². The highest BCUT2D eigenvalue weighted by Crippen LogP contribution is 2.16. The van der Waals surface area contributed by atoms with Crippen LogP contribution in [0.3, 0.4) is 0 Å². The summed E-state index contributed by atoms with van der Waals surface area (Å²) < 4.78 is 9.63. The van der Waals surface area contributed by atoms with E-state index in [9.17, 15) is 19.2 Å². The Balaban J connectivity index is 4.15. The van der Waals surface area contributed by atoms with E-state index in [0.717, 1.165) is 0 Å². The molecule has 0 fully saturated rings. The quantitative estimate of drug-likeness (QED) is 0.526. The zero-order valence-electron chi connectivity index (χ0n) is 12.2. The molecule has 8 nitrogen and oxygen atoms in total. The van der Waals surface area contributed by atoms with Crippen molar-refractivity contribution in [1.82, 2.24) is 5.32 Å². The van der Waals surface area contributed by atoms with E-state index >= 15 is 0 Å². The number of carboxylic acids is 1. The Morgan fingerprint density at radius 3 is 2.14 bits per heavy atom. The van der Waals surface area contributed by atoms with Crippen LogP contribution in [-0.4, -0.2) is 46.3 Å². The van der Waals surface area contributed by atoms with Crippen LogP contribution < -0.4 is 5.32 Å². The van der Waals surface area contributed by atoms with Gasteiger partial charge in [-0.1, -0.05) is 13.8 Å². The van der Waals surface area contributed by atoms with Crippen LogP contribution in [0, 0.1) is 5.92 Å². The number of esters is 1. The van der Waals surface area contributed by atoms with Crippen molar-refractivity contribution in [2.45, 2.75) is 39.2 Å². The maximum atomic E-state index is 11.5. The zero-order chi connectivity index (χ0) is 16.6. The Morgan fingerprint density at radius 1 is 1.10 bits per heavy atom. The first-order valence-corrected chi connectivity index (χ1v) is 7.08. The predicted molar refractivity (Wildman–Crippen MR) is 74.6 cm³/mol. The van der Waals surface area contributed by atoms with E-state index in [-0.39, 0.29) is 5.92 Å². The van der Waals surface area contributed by atoms with Crippen molar-refractivity contribution < 1.29 is 33.8 Å². The lowest BCUT2D eigenvalue weighted by Gasteiger charge is -2.16. The maximum absolute atomic E-state index is 11.5. The fourth-order valence-corrected chi connectivity index (χ4v) is 1.66. The van der Waals surface area contributed by atoms with Gasteiger partial charge in [0.05, 0.1) is 11.2 Å². The minimum absolute atomic E-state index is 0.348. The molecule has 1 amide bonds. The number of rotatable bonds is 7. The van der Waals surface area contributed by atoms with Crippen LogP contribution in [-0.2, 0) is 23.9 Å². The first kappa shape index (κ1) is 19.2. The Kier molecular flexibility index (Phi) is 8.44. The summed E-state index contributed by atoms with van der Waals surface area (Å²) in [5.74, 6) is -2.64. The average Bonchev–Trinajstić information content (AvgIpc) is 2.34. The molecule has 0 aromatic heterocycles. The molecule has 0 aromatic rings. The van der Waals surface area contributed by atoms with Gasteiger partial charge in [-0.3, -0.25) is 14.4 Å². The fraction of sp³-hybridized carbons (Fsp3) is 0.667. The van der Waals surface area contributed by atoms with Crippen molar-refractivity contribution in [3.8, 4) is 0 Å². The second-order valence-corrected chi connectivity index (χ2v) is 5.67. The second-order valence-electron chi connectivity index (χ2n) is 4.40. The van der Waals surface area contributed by atoms with E-state index in [2.05, 4.69) is 5.32 Å². The van der Waals surface area contributed by atoms with Gasteiger partial charge in [-0.25, -0.2) is 4.79 Å². The lowest BCUT2D eigenvalue weighted by Crippen LogP contribution is -2.35. The van der Waals surface area contributed by atoms with Gasteiger partial charge >= 0.3 is 17.2 Å². The number of carbonyl (C=O) groups is 4. The summed E-state index contributed by atoms with van der Waals surface area (Å²) in [6.07, 6.45) is -1.06. The van der Waals surface area contributed by atoms with Gasteiger partial charge in [0.15, 0.2) is 0 Å².